The summed E-state index contributed by atoms with van der Waals surface area (Å²) in [6.45, 7) is 0.134. The molecule has 3 rings (SSSR count). The molecule has 1 aliphatic heterocycles. The van der Waals surface area contributed by atoms with Gasteiger partial charge in [-0.3, -0.25) is 29.4 Å². The van der Waals surface area contributed by atoms with E-state index in [1.807, 2.05) is 0 Å². The van der Waals surface area contributed by atoms with Crippen LogP contribution in [-0.2, 0) is 16.0 Å². The third-order valence-electron chi connectivity index (χ3n) is 4.75. The van der Waals surface area contributed by atoms with Gasteiger partial charge in [0.2, 0.25) is 5.91 Å². The number of rotatable bonds is 9. The van der Waals surface area contributed by atoms with Crippen molar-refractivity contribution in [2.24, 2.45) is 0 Å². The highest BCUT2D eigenvalue weighted by Gasteiger charge is 2.34. The number of carbonyl (C=O) groups excluding carboxylic acids is 3. The molecule has 0 unspecified atom stereocenters. The molecular formula is C22H21N3O7S. The highest BCUT2D eigenvalue weighted by molar-refractivity contribution is 8.18. The summed E-state index contributed by atoms with van der Waals surface area (Å²) in [5.74, 6) is 0.330. The SMILES string of the molecule is COc1ccc(CC(=O)NCCN2C(=O)SC(=Cc3ccc([N+](=O)[O-])cc3)C2=O)cc1OC. The van der Waals surface area contributed by atoms with E-state index in [2.05, 4.69) is 5.32 Å². The van der Waals surface area contributed by atoms with E-state index < -0.39 is 16.1 Å². The van der Waals surface area contributed by atoms with E-state index in [4.69, 9.17) is 9.47 Å². The highest BCUT2D eigenvalue weighted by Crippen LogP contribution is 2.32. The van der Waals surface area contributed by atoms with Crippen molar-refractivity contribution in [2.45, 2.75) is 6.42 Å². The Bertz CT molecular complexity index is 1120. The number of nitrogens with one attached hydrogen (secondary N) is 1. The number of ether oxygens (including phenoxy) is 2. The van der Waals surface area contributed by atoms with Gasteiger partial charge in [0.15, 0.2) is 11.5 Å². The van der Waals surface area contributed by atoms with E-state index >= 15 is 0 Å². The Kier molecular flexibility index (Phi) is 7.67. The fourth-order valence-corrected chi connectivity index (χ4v) is 3.95. The zero-order valence-corrected chi connectivity index (χ0v) is 18.7. The van der Waals surface area contributed by atoms with Gasteiger partial charge in [-0.2, -0.15) is 0 Å². The standard InChI is InChI=1S/C22H21N3O7S/c1-31-17-8-5-15(11-18(17)32-2)13-20(26)23-9-10-24-21(27)19(33-22(24)28)12-14-3-6-16(7-4-14)25(29)30/h3-8,11-12H,9-10,13H2,1-2H3,(H,23,26). The number of nitrogens with zero attached hydrogens (tertiary/aromatic N) is 2. The van der Waals surface area contributed by atoms with Crippen molar-refractivity contribution in [1.29, 1.82) is 0 Å². The van der Waals surface area contributed by atoms with E-state index in [1.54, 1.807) is 18.2 Å². The summed E-state index contributed by atoms with van der Waals surface area (Å²) in [5.41, 5.74) is 1.22. The molecule has 0 radical (unpaired) electrons. The van der Waals surface area contributed by atoms with Crippen LogP contribution in [-0.4, -0.2) is 54.2 Å². The van der Waals surface area contributed by atoms with Crippen LogP contribution < -0.4 is 14.8 Å². The Morgan fingerprint density at radius 2 is 1.82 bits per heavy atom. The summed E-state index contributed by atoms with van der Waals surface area (Å²) in [6, 6.07) is 10.8. The largest absolute Gasteiger partial charge is 0.493 e. The molecule has 1 saturated heterocycles. The van der Waals surface area contributed by atoms with Gasteiger partial charge in [-0.05, 0) is 53.2 Å². The van der Waals surface area contributed by atoms with Gasteiger partial charge >= 0.3 is 0 Å². The van der Waals surface area contributed by atoms with Gasteiger partial charge in [-0.1, -0.05) is 6.07 Å². The van der Waals surface area contributed by atoms with Crippen molar-refractivity contribution in [1.82, 2.24) is 10.2 Å². The average molecular weight is 471 g/mol. The van der Waals surface area contributed by atoms with E-state index in [0.29, 0.717) is 17.1 Å². The Hall–Kier alpha value is -3.86. The monoisotopic (exact) mass is 471 g/mol. The number of methoxy groups -OCH3 is 2. The molecule has 0 aromatic heterocycles. The van der Waals surface area contributed by atoms with Crippen LogP contribution in [0.4, 0.5) is 10.5 Å². The van der Waals surface area contributed by atoms with Crippen molar-refractivity contribution < 1.29 is 28.8 Å². The second-order valence-corrected chi connectivity index (χ2v) is 7.89. The Morgan fingerprint density at radius 3 is 2.45 bits per heavy atom. The fourth-order valence-electron chi connectivity index (χ4n) is 3.08. The normalized spacial score (nSPS) is 14.5. The molecule has 3 amide bonds. The maximum absolute atomic E-state index is 12.6. The minimum Gasteiger partial charge on any atom is -0.493 e. The van der Waals surface area contributed by atoms with Crippen molar-refractivity contribution >= 4 is 40.6 Å². The topological polar surface area (TPSA) is 128 Å². The van der Waals surface area contributed by atoms with Crippen LogP contribution >= 0.6 is 11.8 Å². The van der Waals surface area contributed by atoms with Crippen LogP contribution in [0, 0.1) is 10.1 Å². The minimum absolute atomic E-state index is 0.0277. The number of amides is 3. The summed E-state index contributed by atoms with van der Waals surface area (Å²) < 4.78 is 10.4. The van der Waals surface area contributed by atoms with Gasteiger partial charge < -0.3 is 14.8 Å². The third kappa shape index (κ3) is 5.89. The molecule has 1 N–H and O–H groups in total. The summed E-state index contributed by atoms with van der Waals surface area (Å²) in [5, 5.41) is 13.0. The number of nitro groups is 1. The van der Waals surface area contributed by atoms with E-state index in [9.17, 15) is 24.5 Å². The number of thioether (sulfide) groups is 1. The minimum atomic E-state index is -0.517. The average Bonchev–Trinajstić information content (AvgIpc) is 3.06. The van der Waals surface area contributed by atoms with Gasteiger partial charge in [-0.25, -0.2) is 0 Å². The molecule has 2 aromatic rings. The molecule has 1 fully saturated rings. The predicted molar refractivity (Wildman–Crippen MR) is 122 cm³/mol. The number of hydrogen-bond donors (Lipinski definition) is 1. The number of non-ortho nitro benzene ring substituents is 1. The summed E-state index contributed by atoms with van der Waals surface area (Å²) in [6.07, 6.45) is 1.60. The first-order valence-electron chi connectivity index (χ1n) is 9.79. The molecule has 33 heavy (non-hydrogen) atoms. The number of imide groups is 1. The summed E-state index contributed by atoms with van der Waals surface area (Å²) in [7, 11) is 3.03. The Morgan fingerprint density at radius 1 is 1.12 bits per heavy atom. The number of hydrogen-bond acceptors (Lipinski definition) is 8. The molecule has 2 aromatic carbocycles. The van der Waals surface area contributed by atoms with Gasteiger partial charge in [0, 0.05) is 25.2 Å². The zero-order chi connectivity index (χ0) is 24.0. The first kappa shape index (κ1) is 23.8. The van der Waals surface area contributed by atoms with Crippen molar-refractivity contribution in [3.05, 3.63) is 68.6 Å². The lowest BCUT2D eigenvalue weighted by atomic mass is 10.1. The first-order chi connectivity index (χ1) is 15.8. The number of benzene rings is 2. The van der Waals surface area contributed by atoms with E-state index in [0.717, 1.165) is 22.2 Å². The van der Waals surface area contributed by atoms with Gasteiger partial charge in [-0.15, -0.1) is 0 Å². The number of carbonyl (C=O) groups is 3. The molecule has 0 bridgehead atoms. The van der Waals surface area contributed by atoms with Gasteiger partial charge in [0.1, 0.15) is 0 Å². The molecule has 0 aliphatic carbocycles. The maximum Gasteiger partial charge on any atom is 0.293 e. The second kappa shape index (κ2) is 10.6. The molecule has 0 spiro atoms. The van der Waals surface area contributed by atoms with E-state index in [1.165, 1.54) is 44.6 Å². The first-order valence-corrected chi connectivity index (χ1v) is 10.6. The Labute approximate surface area is 193 Å². The summed E-state index contributed by atoms with van der Waals surface area (Å²) in [4.78, 5) is 48.5. The van der Waals surface area contributed by atoms with Crippen molar-refractivity contribution in [3.63, 3.8) is 0 Å². The fraction of sp³-hybridized carbons (Fsp3) is 0.227. The summed E-state index contributed by atoms with van der Waals surface area (Å²) >= 11 is 0.782. The zero-order valence-electron chi connectivity index (χ0n) is 17.9. The van der Waals surface area contributed by atoms with Gasteiger partial charge in [0.05, 0.1) is 30.5 Å². The molecule has 172 valence electrons. The smallest absolute Gasteiger partial charge is 0.293 e. The third-order valence-corrected chi connectivity index (χ3v) is 5.65. The van der Waals surface area contributed by atoms with Gasteiger partial charge in [0.25, 0.3) is 16.8 Å². The predicted octanol–water partition coefficient (Wildman–Crippen LogP) is 3.01. The molecule has 1 heterocycles. The lowest BCUT2D eigenvalue weighted by Gasteiger charge is -2.13. The van der Waals surface area contributed by atoms with Crippen LogP contribution in [0.5, 0.6) is 11.5 Å². The van der Waals surface area contributed by atoms with Crippen molar-refractivity contribution in [2.75, 3.05) is 27.3 Å². The molecule has 11 heteroatoms. The van der Waals surface area contributed by atoms with Crippen LogP contribution in [0.1, 0.15) is 11.1 Å². The van der Waals surface area contributed by atoms with Crippen LogP contribution in [0.15, 0.2) is 47.4 Å². The van der Waals surface area contributed by atoms with Crippen molar-refractivity contribution in [3.8, 4) is 11.5 Å². The molecule has 0 saturated carbocycles. The molecule has 1 aliphatic rings. The molecule has 0 atom stereocenters. The quantitative estimate of drug-likeness (QED) is 0.336. The lowest BCUT2D eigenvalue weighted by Crippen LogP contribution is -2.37. The Balaban J connectivity index is 1.54. The van der Waals surface area contributed by atoms with Crippen LogP contribution in [0.3, 0.4) is 0 Å². The van der Waals surface area contributed by atoms with E-state index in [-0.39, 0.29) is 36.0 Å². The maximum atomic E-state index is 12.6. The highest BCUT2D eigenvalue weighted by atomic mass is 32.2. The number of nitro benzene ring substituents is 1. The second-order valence-electron chi connectivity index (χ2n) is 6.90. The van der Waals surface area contributed by atoms with Crippen LogP contribution in [0.2, 0.25) is 0 Å². The molecular weight excluding hydrogens is 450 g/mol. The van der Waals surface area contributed by atoms with Crippen LogP contribution in [0.25, 0.3) is 6.08 Å². The lowest BCUT2D eigenvalue weighted by molar-refractivity contribution is -0.384. The molecule has 10 nitrogen and oxygen atoms in total.